The van der Waals surface area contributed by atoms with Gasteiger partial charge in [-0.2, -0.15) is 0 Å². The van der Waals surface area contributed by atoms with E-state index in [1.807, 2.05) is 30.3 Å². The predicted molar refractivity (Wildman–Crippen MR) is 94.3 cm³/mol. The summed E-state index contributed by atoms with van der Waals surface area (Å²) in [5.41, 5.74) is 3.74. The smallest absolute Gasteiger partial charge is 0.224 e. The minimum atomic E-state index is -0.509. The van der Waals surface area contributed by atoms with Crippen LogP contribution in [0.5, 0.6) is 0 Å². The summed E-state index contributed by atoms with van der Waals surface area (Å²) in [5.74, 6) is 0. The van der Waals surface area contributed by atoms with Crippen LogP contribution in [0.1, 0.15) is 31.4 Å². The lowest BCUT2D eigenvalue weighted by atomic mass is 9.75. The standard InChI is InChI=1S/C19H19ClN2O/c1-18(2)15-11-14(20)9-10-17(15)22(3)19(18)12-16(21-23-19)13-7-5-4-6-8-13/h4-11H,12H2,1-3H3. The average molecular weight is 327 g/mol. The van der Waals surface area contributed by atoms with E-state index in [1.54, 1.807) is 0 Å². The van der Waals surface area contributed by atoms with Gasteiger partial charge in [-0.05, 0) is 43.2 Å². The summed E-state index contributed by atoms with van der Waals surface area (Å²) in [6.45, 7) is 4.41. The summed E-state index contributed by atoms with van der Waals surface area (Å²) >= 11 is 6.23. The van der Waals surface area contributed by atoms with E-state index >= 15 is 0 Å². The van der Waals surface area contributed by atoms with Crippen molar-refractivity contribution in [2.75, 3.05) is 11.9 Å². The highest BCUT2D eigenvalue weighted by molar-refractivity contribution is 6.30. The van der Waals surface area contributed by atoms with E-state index in [9.17, 15) is 0 Å². The molecule has 0 amide bonds. The Balaban J connectivity index is 1.77. The van der Waals surface area contributed by atoms with Crippen molar-refractivity contribution in [3.63, 3.8) is 0 Å². The zero-order valence-electron chi connectivity index (χ0n) is 13.5. The van der Waals surface area contributed by atoms with Crippen LogP contribution in [0.3, 0.4) is 0 Å². The highest BCUT2D eigenvalue weighted by Crippen LogP contribution is 2.55. The van der Waals surface area contributed by atoms with Crippen molar-refractivity contribution in [1.29, 1.82) is 0 Å². The lowest BCUT2D eigenvalue weighted by Gasteiger charge is -2.40. The molecule has 0 bridgehead atoms. The first-order valence-electron chi connectivity index (χ1n) is 7.80. The van der Waals surface area contributed by atoms with Gasteiger partial charge in [0, 0.05) is 17.8 Å². The Kier molecular flexibility index (Phi) is 3.01. The molecule has 0 fully saturated rings. The second kappa shape index (κ2) is 4.75. The number of nitrogens with zero attached hydrogens (tertiary/aromatic N) is 2. The maximum absolute atomic E-state index is 6.23. The van der Waals surface area contributed by atoms with Gasteiger partial charge in [-0.25, -0.2) is 0 Å². The average Bonchev–Trinajstić information content (AvgIpc) is 3.07. The van der Waals surface area contributed by atoms with E-state index in [2.05, 4.69) is 49.1 Å². The predicted octanol–water partition coefficient (Wildman–Crippen LogP) is 4.59. The summed E-state index contributed by atoms with van der Waals surface area (Å²) in [7, 11) is 2.07. The molecule has 4 heteroatoms. The van der Waals surface area contributed by atoms with Crippen LogP contribution in [-0.2, 0) is 10.3 Å². The molecule has 2 aromatic rings. The molecule has 1 atom stereocenters. The maximum Gasteiger partial charge on any atom is 0.224 e. The van der Waals surface area contributed by atoms with Crippen molar-refractivity contribution in [2.24, 2.45) is 5.16 Å². The van der Waals surface area contributed by atoms with Crippen LogP contribution >= 0.6 is 11.6 Å². The molecule has 2 heterocycles. The van der Waals surface area contributed by atoms with Gasteiger partial charge in [0.25, 0.3) is 0 Å². The zero-order valence-corrected chi connectivity index (χ0v) is 14.3. The molecular weight excluding hydrogens is 308 g/mol. The molecule has 1 spiro atoms. The summed E-state index contributed by atoms with van der Waals surface area (Å²) in [5, 5.41) is 5.19. The van der Waals surface area contributed by atoms with Gasteiger partial charge in [-0.1, -0.05) is 47.1 Å². The van der Waals surface area contributed by atoms with E-state index in [4.69, 9.17) is 16.4 Å². The normalized spacial score (nSPS) is 24.5. The van der Waals surface area contributed by atoms with Crippen molar-refractivity contribution in [3.05, 3.63) is 64.7 Å². The Morgan fingerprint density at radius 2 is 1.87 bits per heavy atom. The largest absolute Gasteiger partial charge is 0.366 e. The summed E-state index contributed by atoms with van der Waals surface area (Å²) < 4.78 is 0. The highest BCUT2D eigenvalue weighted by atomic mass is 35.5. The van der Waals surface area contributed by atoms with Crippen molar-refractivity contribution in [2.45, 2.75) is 31.4 Å². The van der Waals surface area contributed by atoms with E-state index in [1.165, 1.54) is 5.56 Å². The third-order valence-corrected chi connectivity index (χ3v) is 5.57. The minimum Gasteiger partial charge on any atom is -0.366 e. The Hall–Kier alpha value is -2.00. The molecule has 2 aromatic carbocycles. The van der Waals surface area contributed by atoms with Gasteiger partial charge in [0.05, 0.1) is 17.5 Å². The number of anilines is 1. The summed E-state index contributed by atoms with van der Waals surface area (Å²) in [6.07, 6.45) is 0.743. The maximum atomic E-state index is 6.23. The molecule has 0 aliphatic carbocycles. The van der Waals surface area contributed by atoms with Gasteiger partial charge in [-0.15, -0.1) is 0 Å². The van der Waals surface area contributed by atoms with Crippen LogP contribution < -0.4 is 4.90 Å². The van der Waals surface area contributed by atoms with Crippen molar-refractivity contribution in [3.8, 4) is 0 Å². The second-order valence-electron chi connectivity index (χ2n) is 6.80. The fourth-order valence-corrected chi connectivity index (χ4v) is 4.02. The molecule has 23 heavy (non-hydrogen) atoms. The van der Waals surface area contributed by atoms with Gasteiger partial charge in [-0.3, -0.25) is 0 Å². The van der Waals surface area contributed by atoms with Crippen molar-refractivity contribution >= 4 is 23.0 Å². The van der Waals surface area contributed by atoms with Crippen molar-refractivity contribution in [1.82, 2.24) is 0 Å². The molecule has 0 N–H and O–H groups in total. The lowest BCUT2D eigenvalue weighted by molar-refractivity contribution is -0.0591. The third kappa shape index (κ3) is 1.86. The minimum absolute atomic E-state index is 0.220. The number of fused-ring (bicyclic) bond motifs is 1. The van der Waals surface area contributed by atoms with Crippen LogP contribution in [0.15, 0.2) is 53.7 Å². The Bertz CT molecular complexity index is 800. The molecule has 0 aromatic heterocycles. The van der Waals surface area contributed by atoms with Crippen LogP contribution in [-0.4, -0.2) is 18.5 Å². The number of likely N-dealkylation sites (N-methyl/N-ethyl adjacent to an activating group) is 1. The van der Waals surface area contributed by atoms with E-state index in [0.717, 1.165) is 28.4 Å². The molecule has 0 saturated heterocycles. The second-order valence-corrected chi connectivity index (χ2v) is 7.24. The SMILES string of the molecule is CN1c2ccc(Cl)cc2C(C)(C)C12CC(c1ccccc1)=NO2. The molecular formula is C19H19ClN2O. The van der Waals surface area contributed by atoms with E-state index in [-0.39, 0.29) is 5.41 Å². The number of hydrogen-bond acceptors (Lipinski definition) is 3. The molecule has 0 radical (unpaired) electrons. The zero-order chi connectivity index (χ0) is 16.2. The Labute approximate surface area is 141 Å². The quantitative estimate of drug-likeness (QED) is 0.765. The van der Waals surface area contributed by atoms with Gasteiger partial charge in [0.1, 0.15) is 0 Å². The first-order chi connectivity index (χ1) is 11.0. The number of rotatable bonds is 1. The number of benzene rings is 2. The number of oxime groups is 1. The fraction of sp³-hybridized carbons (Fsp3) is 0.316. The van der Waals surface area contributed by atoms with Crippen LogP contribution in [0.4, 0.5) is 5.69 Å². The monoisotopic (exact) mass is 326 g/mol. The summed E-state index contributed by atoms with van der Waals surface area (Å²) in [4.78, 5) is 8.30. The first kappa shape index (κ1) is 14.6. The van der Waals surface area contributed by atoms with E-state index in [0.29, 0.717) is 0 Å². The van der Waals surface area contributed by atoms with Crippen LogP contribution in [0.2, 0.25) is 5.02 Å². The molecule has 2 aliphatic rings. The number of halogens is 1. The van der Waals surface area contributed by atoms with Crippen LogP contribution in [0.25, 0.3) is 0 Å². The molecule has 1 unspecified atom stereocenters. The van der Waals surface area contributed by atoms with Crippen molar-refractivity contribution < 1.29 is 4.84 Å². The molecule has 4 rings (SSSR count). The fourth-order valence-electron chi connectivity index (χ4n) is 3.85. The molecule has 2 aliphatic heterocycles. The van der Waals surface area contributed by atoms with Gasteiger partial charge >= 0.3 is 0 Å². The van der Waals surface area contributed by atoms with E-state index < -0.39 is 5.72 Å². The molecule has 0 saturated carbocycles. The van der Waals surface area contributed by atoms with Crippen LogP contribution in [0, 0.1) is 0 Å². The topological polar surface area (TPSA) is 24.8 Å². The van der Waals surface area contributed by atoms with Gasteiger partial charge in [0.2, 0.25) is 5.72 Å². The first-order valence-corrected chi connectivity index (χ1v) is 8.18. The third-order valence-electron chi connectivity index (χ3n) is 5.33. The Morgan fingerprint density at radius 1 is 1.13 bits per heavy atom. The molecule has 118 valence electrons. The molecule has 3 nitrogen and oxygen atoms in total. The Morgan fingerprint density at radius 3 is 2.61 bits per heavy atom. The number of hydrogen-bond donors (Lipinski definition) is 0. The van der Waals surface area contributed by atoms with Gasteiger partial charge < -0.3 is 9.74 Å². The lowest BCUT2D eigenvalue weighted by Crippen LogP contribution is -2.54. The highest BCUT2D eigenvalue weighted by Gasteiger charge is 2.61. The van der Waals surface area contributed by atoms with Gasteiger partial charge in [0.15, 0.2) is 0 Å². The summed E-state index contributed by atoms with van der Waals surface area (Å²) in [6, 6.07) is 16.3.